The van der Waals surface area contributed by atoms with E-state index in [0.717, 1.165) is 36.5 Å². The fourth-order valence-electron chi connectivity index (χ4n) is 2.48. The van der Waals surface area contributed by atoms with E-state index in [1.54, 1.807) is 18.3 Å². The summed E-state index contributed by atoms with van der Waals surface area (Å²) in [4.78, 5) is 17.5. The van der Waals surface area contributed by atoms with E-state index in [1.807, 2.05) is 24.3 Å². The van der Waals surface area contributed by atoms with E-state index in [4.69, 9.17) is 5.11 Å². The van der Waals surface area contributed by atoms with Crippen LogP contribution in [0, 0.1) is 0 Å². The Balaban J connectivity index is 2.03. The van der Waals surface area contributed by atoms with Gasteiger partial charge in [0.15, 0.2) is 0 Å². The second-order valence-electron chi connectivity index (χ2n) is 4.59. The molecule has 0 aliphatic carbocycles. The van der Waals surface area contributed by atoms with Crippen molar-refractivity contribution in [2.24, 2.45) is 0 Å². The summed E-state index contributed by atoms with van der Waals surface area (Å²) in [6.07, 6.45) is 3.70. The lowest BCUT2D eigenvalue weighted by molar-refractivity contribution is 0.0697. The van der Waals surface area contributed by atoms with Crippen molar-refractivity contribution in [3.05, 3.63) is 53.7 Å². The summed E-state index contributed by atoms with van der Waals surface area (Å²) in [7, 11) is 0. The lowest BCUT2D eigenvalue weighted by Crippen LogP contribution is -2.25. The number of carbonyl (C=O) groups is 1. The van der Waals surface area contributed by atoms with Gasteiger partial charge in [0.2, 0.25) is 0 Å². The number of rotatable bonds is 2. The van der Waals surface area contributed by atoms with Crippen molar-refractivity contribution in [1.82, 2.24) is 4.98 Å². The molecular formula is C15H14N2O2. The summed E-state index contributed by atoms with van der Waals surface area (Å²) >= 11 is 0. The van der Waals surface area contributed by atoms with E-state index in [9.17, 15) is 4.79 Å². The molecule has 0 atom stereocenters. The van der Waals surface area contributed by atoms with Gasteiger partial charge in [0.25, 0.3) is 0 Å². The molecule has 1 aliphatic heterocycles. The summed E-state index contributed by atoms with van der Waals surface area (Å²) in [6.45, 7) is 0.913. The molecular weight excluding hydrogens is 240 g/mol. The first-order valence-electron chi connectivity index (χ1n) is 6.30. The standard InChI is InChI=1S/C15H14N2O2/c18-15(19)12-6-7-13-11(10-12)4-3-9-17(13)14-5-1-2-8-16-14/h1-2,5-8,10H,3-4,9H2,(H,18,19). The highest BCUT2D eigenvalue weighted by molar-refractivity contribution is 5.89. The Morgan fingerprint density at radius 3 is 2.89 bits per heavy atom. The highest BCUT2D eigenvalue weighted by Crippen LogP contribution is 2.32. The van der Waals surface area contributed by atoms with Crippen LogP contribution >= 0.6 is 0 Å². The zero-order valence-electron chi connectivity index (χ0n) is 10.4. The van der Waals surface area contributed by atoms with E-state index >= 15 is 0 Å². The first kappa shape index (κ1) is 11.7. The molecule has 0 amide bonds. The first-order chi connectivity index (χ1) is 9.25. The van der Waals surface area contributed by atoms with Crippen molar-refractivity contribution in [2.75, 3.05) is 11.4 Å². The van der Waals surface area contributed by atoms with Crippen LogP contribution in [0.4, 0.5) is 11.5 Å². The molecule has 0 unspecified atom stereocenters. The molecule has 96 valence electrons. The van der Waals surface area contributed by atoms with E-state index in [2.05, 4.69) is 9.88 Å². The van der Waals surface area contributed by atoms with E-state index < -0.39 is 5.97 Å². The van der Waals surface area contributed by atoms with Crippen LogP contribution in [-0.2, 0) is 6.42 Å². The van der Waals surface area contributed by atoms with E-state index in [-0.39, 0.29) is 0 Å². The van der Waals surface area contributed by atoms with Crippen LogP contribution < -0.4 is 4.90 Å². The monoisotopic (exact) mass is 254 g/mol. The fraction of sp³-hybridized carbons (Fsp3) is 0.200. The molecule has 4 nitrogen and oxygen atoms in total. The van der Waals surface area contributed by atoms with Crippen molar-refractivity contribution in [3.63, 3.8) is 0 Å². The third-order valence-electron chi connectivity index (χ3n) is 3.37. The number of carboxylic acids is 1. The third kappa shape index (κ3) is 2.17. The molecule has 0 bridgehead atoms. The highest BCUT2D eigenvalue weighted by atomic mass is 16.4. The molecule has 1 N–H and O–H groups in total. The highest BCUT2D eigenvalue weighted by Gasteiger charge is 2.20. The van der Waals surface area contributed by atoms with Crippen LogP contribution in [-0.4, -0.2) is 22.6 Å². The van der Waals surface area contributed by atoms with Crippen LogP contribution in [0.3, 0.4) is 0 Å². The number of carboxylic acid groups (broad SMARTS) is 1. The number of hydrogen-bond acceptors (Lipinski definition) is 3. The Bertz CT molecular complexity index is 611. The Morgan fingerprint density at radius 1 is 1.26 bits per heavy atom. The SMILES string of the molecule is O=C(O)c1ccc2c(c1)CCCN2c1ccccn1. The van der Waals surface area contributed by atoms with Crippen LogP contribution in [0.1, 0.15) is 22.3 Å². The molecule has 4 heteroatoms. The minimum Gasteiger partial charge on any atom is -0.478 e. The topological polar surface area (TPSA) is 53.4 Å². The van der Waals surface area contributed by atoms with Gasteiger partial charge in [0, 0.05) is 18.4 Å². The minimum absolute atomic E-state index is 0.349. The minimum atomic E-state index is -0.877. The van der Waals surface area contributed by atoms with Gasteiger partial charge in [-0.15, -0.1) is 0 Å². The lowest BCUT2D eigenvalue weighted by Gasteiger charge is -2.30. The average Bonchev–Trinajstić information content (AvgIpc) is 2.47. The Hall–Kier alpha value is -2.36. The molecule has 2 heterocycles. The second kappa shape index (κ2) is 4.72. The summed E-state index contributed by atoms with van der Waals surface area (Å²) < 4.78 is 0. The Labute approximate surface area is 111 Å². The number of fused-ring (bicyclic) bond motifs is 1. The number of aromatic nitrogens is 1. The number of anilines is 2. The Kier molecular flexibility index (Phi) is 2.91. The average molecular weight is 254 g/mol. The molecule has 0 spiro atoms. The third-order valence-corrected chi connectivity index (χ3v) is 3.37. The predicted molar refractivity (Wildman–Crippen MR) is 73.0 cm³/mol. The molecule has 1 aromatic heterocycles. The van der Waals surface area contributed by atoms with Gasteiger partial charge >= 0.3 is 5.97 Å². The number of benzene rings is 1. The molecule has 1 aliphatic rings. The summed E-state index contributed by atoms with van der Waals surface area (Å²) in [5, 5.41) is 9.04. The van der Waals surface area contributed by atoms with Gasteiger partial charge in [0.1, 0.15) is 5.82 Å². The molecule has 3 rings (SSSR count). The van der Waals surface area contributed by atoms with Crippen molar-refractivity contribution in [1.29, 1.82) is 0 Å². The molecule has 0 radical (unpaired) electrons. The molecule has 19 heavy (non-hydrogen) atoms. The van der Waals surface area contributed by atoms with Crippen molar-refractivity contribution >= 4 is 17.5 Å². The van der Waals surface area contributed by atoms with Crippen LogP contribution in [0.2, 0.25) is 0 Å². The van der Waals surface area contributed by atoms with Gasteiger partial charge < -0.3 is 10.0 Å². The van der Waals surface area contributed by atoms with Gasteiger partial charge in [-0.2, -0.15) is 0 Å². The van der Waals surface area contributed by atoms with Gasteiger partial charge in [0.05, 0.1) is 5.56 Å². The molecule has 0 fully saturated rings. The largest absolute Gasteiger partial charge is 0.478 e. The van der Waals surface area contributed by atoms with Crippen LogP contribution in [0.15, 0.2) is 42.6 Å². The summed E-state index contributed by atoms with van der Waals surface area (Å²) in [6, 6.07) is 11.1. The normalized spacial score (nSPS) is 14.0. The van der Waals surface area contributed by atoms with Crippen LogP contribution in [0.5, 0.6) is 0 Å². The quantitative estimate of drug-likeness (QED) is 0.895. The number of hydrogen-bond donors (Lipinski definition) is 1. The molecule has 0 saturated carbocycles. The summed E-state index contributed by atoms with van der Waals surface area (Å²) in [5.41, 5.74) is 2.49. The maximum atomic E-state index is 11.0. The van der Waals surface area contributed by atoms with Crippen LogP contribution in [0.25, 0.3) is 0 Å². The van der Waals surface area contributed by atoms with Gasteiger partial charge in [-0.3, -0.25) is 0 Å². The predicted octanol–water partition coefficient (Wildman–Crippen LogP) is 2.86. The second-order valence-corrected chi connectivity index (χ2v) is 4.59. The maximum Gasteiger partial charge on any atom is 0.335 e. The summed E-state index contributed by atoms with van der Waals surface area (Å²) in [5.74, 6) is 0.0317. The number of nitrogens with zero attached hydrogens (tertiary/aromatic N) is 2. The molecule has 1 aromatic carbocycles. The number of aryl methyl sites for hydroxylation is 1. The number of aromatic carboxylic acids is 1. The number of pyridine rings is 1. The fourth-order valence-corrected chi connectivity index (χ4v) is 2.48. The Morgan fingerprint density at radius 2 is 2.16 bits per heavy atom. The van der Waals surface area contributed by atoms with E-state index in [1.165, 1.54) is 0 Å². The van der Waals surface area contributed by atoms with Gasteiger partial charge in [-0.05, 0) is 48.7 Å². The van der Waals surface area contributed by atoms with Crippen molar-refractivity contribution in [3.8, 4) is 0 Å². The first-order valence-corrected chi connectivity index (χ1v) is 6.30. The van der Waals surface area contributed by atoms with Crippen molar-refractivity contribution < 1.29 is 9.90 Å². The molecule has 0 saturated heterocycles. The van der Waals surface area contributed by atoms with Crippen molar-refractivity contribution in [2.45, 2.75) is 12.8 Å². The maximum absolute atomic E-state index is 11.0. The van der Waals surface area contributed by atoms with Gasteiger partial charge in [-0.1, -0.05) is 6.07 Å². The lowest BCUT2D eigenvalue weighted by atomic mass is 9.99. The van der Waals surface area contributed by atoms with Gasteiger partial charge in [-0.25, -0.2) is 9.78 Å². The van der Waals surface area contributed by atoms with E-state index in [0.29, 0.717) is 5.56 Å². The zero-order valence-corrected chi connectivity index (χ0v) is 10.4. The smallest absolute Gasteiger partial charge is 0.335 e. The molecule has 2 aromatic rings. The zero-order chi connectivity index (χ0) is 13.2.